The third-order valence-electron chi connectivity index (χ3n) is 3.09. The zero-order chi connectivity index (χ0) is 13.4. The van der Waals surface area contributed by atoms with Crippen molar-refractivity contribution >= 4 is 34.2 Å². The molecule has 0 bridgehead atoms. The Labute approximate surface area is 114 Å². The van der Waals surface area contributed by atoms with Gasteiger partial charge in [0.25, 0.3) is 0 Å². The number of rotatable bonds is 2. The van der Waals surface area contributed by atoms with Crippen molar-refractivity contribution in [3.8, 4) is 0 Å². The maximum absolute atomic E-state index is 4.44. The normalized spacial score (nSPS) is 11.8. The second-order valence-corrected chi connectivity index (χ2v) is 4.47. The van der Waals surface area contributed by atoms with Gasteiger partial charge in [-0.25, -0.2) is 15.0 Å². The van der Waals surface area contributed by atoms with Gasteiger partial charge in [-0.1, -0.05) is 24.3 Å². The van der Waals surface area contributed by atoms with Crippen molar-refractivity contribution in [2.24, 2.45) is 4.99 Å². The highest BCUT2D eigenvalue weighted by Crippen LogP contribution is 2.15. The van der Waals surface area contributed by atoms with Crippen LogP contribution in [-0.4, -0.2) is 26.2 Å². The first-order valence-electron chi connectivity index (χ1n) is 6.32. The molecule has 0 fully saturated rings. The first kappa shape index (κ1) is 10.9. The van der Waals surface area contributed by atoms with E-state index in [0.717, 1.165) is 22.1 Å². The van der Waals surface area contributed by atoms with Gasteiger partial charge in [0, 0.05) is 0 Å². The van der Waals surface area contributed by atoms with Crippen molar-refractivity contribution in [3.63, 3.8) is 0 Å². The minimum Gasteiger partial charge on any atom is -0.337 e. The molecule has 0 amide bonds. The molecule has 0 spiro atoms. The summed E-state index contributed by atoms with van der Waals surface area (Å²) in [6, 6.07) is 15.7. The summed E-state index contributed by atoms with van der Waals surface area (Å²) < 4.78 is 0. The van der Waals surface area contributed by atoms with Crippen molar-refractivity contribution < 1.29 is 0 Å². The van der Waals surface area contributed by atoms with Gasteiger partial charge in [0.15, 0.2) is 0 Å². The van der Waals surface area contributed by atoms with Crippen molar-refractivity contribution in [2.75, 3.05) is 0 Å². The number of benzene rings is 2. The van der Waals surface area contributed by atoms with Crippen LogP contribution < -0.4 is 0 Å². The molecule has 5 heteroatoms. The number of fused-ring (bicyclic) bond motifs is 2. The second-order valence-electron chi connectivity index (χ2n) is 4.47. The van der Waals surface area contributed by atoms with Crippen LogP contribution in [-0.2, 0) is 0 Å². The molecule has 2 N–H and O–H groups in total. The van der Waals surface area contributed by atoms with Crippen molar-refractivity contribution in [1.29, 1.82) is 0 Å². The summed E-state index contributed by atoms with van der Waals surface area (Å²) in [5, 5.41) is 0. The molecule has 0 saturated carbocycles. The molecule has 5 nitrogen and oxygen atoms in total. The lowest BCUT2D eigenvalue weighted by molar-refractivity contribution is 1.25. The topological polar surface area (TPSA) is 69.7 Å². The number of para-hydroxylation sites is 4. The van der Waals surface area contributed by atoms with E-state index in [2.05, 4.69) is 24.9 Å². The minimum atomic E-state index is 0.576. The van der Waals surface area contributed by atoms with Gasteiger partial charge < -0.3 is 9.97 Å². The highest BCUT2D eigenvalue weighted by molar-refractivity contribution is 5.85. The van der Waals surface area contributed by atoms with Gasteiger partial charge in [-0.2, -0.15) is 0 Å². The summed E-state index contributed by atoms with van der Waals surface area (Å²) >= 11 is 0. The Bertz CT molecular complexity index is 774. The summed E-state index contributed by atoms with van der Waals surface area (Å²) in [5.41, 5.74) is 3.81. The number of nitrogens with zero attached hydrogens (tertiary/aromatic N) is 3. The predicted octanol–water partition coefficient (Wildman–Crippen LogP) is 3.19. The molecule has 4 aromatic rings. The van der Waals surface area contributed by atoms with Gasteiger partial charge in [0.1, 0.15) is 5.82 Å². The smallest absolute Gasteiger partial charge is 0.227 e. The molecule has 0 radical (unpaired) electrons. The molecule has 0 aliphatic heterocycles. The largest absolute Gasteiger partial charge is 0.337 e. The number of aliphatic imine (C=N–C) groups is 1. The minimum absolute atomic E-state index is 0.576. The molecule has 0 saturated heterocycles. The molecular formula is C15H11N5. The van der Waals surface area contributed by atoms with E-state index in [4.69, 9.17) is 0 Å². The quantitative estimate of drug-likeness (QED) is 0.544. The summed E-state index contributed by atoms with van der Waals surface area (Å²) in [7, 11) is 0. The van der Waals surface area contributed by atoms with Gasteiger partial charge in [-0.15, -0.1) is 0 Å². The Balaban J connectivity index is 1.70. The fraction of sp³-hybridized carbons (Fsp3) is 0. The Morgan fingerprint density at radius 2 is 1.45 bits per heavy atom. The van der Waals surface area contributed by atoms with Crippen LogP contribution in [0.25, 0.3) is 22.1 Å². The highest BCUT2D eigenvalue weighted by atomic mass is 15.1. The van der Waals surface area contributed by atoms with Crippen molar-refractivity contribution in [3.05, 3.63) is 54.4 Å². The fourth-order valence-corrected chi connectivity index (χ4v) is 2.16. The number of hydrogen-bond donors (Lipinski definition) is 2. The maximum Gasteiger partial charge on any atom is 0.227 e. The van der Waals surface area contributed by atoms with Gasteiger partial charge >= 0.3 is 0 Å². The summed E-state index contributed by atoms with van der Waals surface area (Å²) in [6.45, 7) is 0. The summed E-state index contributed by atoms with van der Waals surface area (Å²) in [5.74, 6) is 1.29. The van der Waals surface area contributed by atoms with Crippen molar-refractivity contribution in [2.45, 2.75) is 0 Å². The predicted molar refractivity (Wildman–Crippen MR) is 79.4 cm³/mol. The van der Waals surface area contributed by atoms with Crippen LogP contribution >= 0.6 is 0 Å². The van der Waals surface area contributed by atoms with Crippen LogP contribution in [0, 0.1) is 0 Å². The Hall–Kier alpha value is -2.95. The molecule has 2 heterocycles. The Kier molecular flexibility index (Phi) is 2.35. The number of H-pyrrole nitrogens is 2. The molecule has 0 atom stereocenters. The molecule has 0 aliphatic carbocycles. The van der Waals surface area contributed by atoms with Crippen LogP contribution in [0.3, 0.4) is 0 Å². The first-order chi connectivity index (χ1) is 9.88. The van der Waals surface area contributed by atoms with E-state index in [1.807, 2.05) is 48.5 Å². The van der Waals surface area contributed by atoms with Crippen LogP contribution in [0.5, 0.6) is 0 Å². The third kappa shape index (κ3) is 1.85. The lowest BCUT2D eigenvalue weighted by Gasteiger charge is -1.83. The average molecular weight is 261 g/mol. The van der Waals surface area contributed by atoms with Gasteiger partial charge in [0.2, 0.25) is 5.95 Å². The molecule has 2 aromatic carbocycles. The zero-order valence-electron chi connectivity index (χ0n) is 10.5. The van der Waals surface area contributed by atoms with Crippen molar-refractivity contribution in [1.82, 2.24) is 19.9 Å². The van der Waals surface area contributed by atoms with Gasteiger partial charge in [0.05, 0.1) is 28.3 Å². The number of aromatic nitrogens is 4. The van der Waals surface area contributed by atoms with Gasteiger partial charge in [-0.05, 0) is 24.3 Å². The van der Waals surface area contributed by atoms with Crippen LogP contribution in [0.4, 0.5) is 5.95 Å². The number of nitrogens with one attached hydrogen (secondary N) is 2. The van der Waals surface area contributed by atoms with E-state index >= 15 is 0 Å². The Morgan fingerprint density at radius 1 is 0.800 bits per heavy atom. The number of hydrogen-bond acceptors (Lipinski definition) is 3. The molecule has 96 valence electrons. The number of imidazole rings is 2. The lowest BCUT2D eigenvalue weighted by atomic mass is 10.3. The van der Waals surface area contributed by atoms with Crippen LogP contribution in [0.15, 0.2) is 53.5 Å². The lowest BCUT2D eigenvalue weighted by Crippen LogP contribution is -1.82. The molecule has 2 aromatic heterocycles. The fourth-order valence-electron chi connectivity index (χ4n) is 2.16. The van der Waals surface area contributed by atoms with E-state index in [1.165, 1.54) is 0 Å². The zero-order valence-corrected chi connectivity index (χ0v) is 10.5. The summed E-state index contributed by atoms with van der Waals surface area (Å²) in [4.78, 5) is 19.5. The monoisotopic (exact) mass is 261 g/mol. The van der Waals surface area contributed by atoms with Gasteiger partial charge in [-0.3, -0.25) is 0 Å². The van der Waals surface area contributed by atoms with E-state index in [1.54, 1.807) is 6.21 Å². The molecule has 4 rings (SSSR count). The van der Waals surface area contributed by atoms with E-state index in [9.17, 15) is 0 Å². The van der Waals surface area contributed by atoms with E-state index in [-0.39, 0.29) is 0 Å². The molecule has 0 unspecified atom stereocenters. The molecule has 0 aliphatic rings. The second kappa shape index (κ2) is 4.31. The molecular weight excluding hydrogens is 250 g/mol. The number of aromatic amines is 2. The third-order valence-corrected chi connectivity index (χ3v) is 3.09. The average Bonchev–Trinajstić information content (AvgIpc) is 3.07. The highest BCUT2D eigenvalue weighted by Gasteiger charge is 2.01. The van der Waals surface area contributed by atoms with E-state index < -0.39 is 0 Å². The standard InChI is InChI=1S/C15H11N5/c1-2-6-11-10(5-1)17-14(18-11)9-16-15-19-12-7-3-4-8-13(12)20-15/h1-9H,(H,17,18)(H,19,20)/b16-9+. The van der Waals surface area contributed by atoms with Crippen LogP contribution in [0.1, 0.15) is 5.82 Å². The van der Waals surface area contributed by atoms with Crippen LogP contribution in [0.2, 0.25) is 0 Å². The SMILES string of the molecule is C(=N\c1nc2ccccc2[nH]1)/c1nc2ccccc2[nH]1. The maximum atomic E-state index is 4.44. The summed E-state index contributed by atoms with van der Waals surface area (Å²) in [6.07, 6.45) is 1.68. The Morgan fingerprint density at radius 3 is 2.15 bits per heavy atom. The molecule has 20 heavy (non-hydrogen) atoms. The van der Waals surface area contributed by atoms with E-state index in [0.29, 0.717) is 11.8 Å². The first-order valence-corrected chi connectivity index (χ1v) is 6.32.